The van der Waals surface area contributed by atoms with Crippen molar-refractivity contribution >= 4 is 21.8 Å². The molecule has 1 aliphatic carbocycles. The third-order valence-corrected chi connectivity index (χ3v) is 2.73. The molecule has 0 bridgehead atoms. The smallest absolute Gasteiger partial charge is 0.287 e. The Balaban J connectivity index is 1.90. The third kappa shape index (κ3) is 1.99. The van der Waals surface area contributed by atoms with Crippen LogP contribution in [0.2, 0.25) is 0 Å². The van der Waals surface area contributed by atoms with Gasteiger partial charge in [-0.15, -0.1) is 0 Å². The minimum atomic E-state index is -0.174. The van der Waals surface area contributed by atoms with Gasteiger partial charge in [-0.25, -0.2) is 0 Å². The third-order valence-electron chi connectivity index (χ3n) is 2.31. The maximum absolute atomic E-state index is 11.5. The Morgan fingerprint density at radius 2 is 2.29 bits per heavy atom. The van der Waals surface area contributed by atoms with Gasteiger partial charge in [-0.1, -0.05) is 0 Å². The monoisotopic (exact) mass is 258 g/mol. The van der Waals surface area contributed by atoms with E-state index in [1.54, 1.807) is 12.1 Å². The Kier molecular flexibility index (Phi) is 2.60. The Bertz CT molecular complexity index is 344. The molecule has 1 amide bonds. The van der Waals surface area contributed by atoms with Crippen LogP contribution in [0.15, 0.2) is 21.2 Å². The van der Waals surface area contributed by atoms with E-state index in [0.29, 0.717) is 10.4 Å². The number of nitrogens with two attached hydrogens (primary N) is 1. The Hall–Kier alpha value is -0.810. The number of furan rings is 1. The highest BCUT2D eigenvalue weighted by Crippen LogP contribution is 2.19. The number of hydrogen-bond acceptors (Lipinski definition) is 3. The van der Waals surface area contributed by atoms with Gasteiger partial charge in [-0.3, -0.25) is 4.79 Å². The largest absolute Gasteiger partial charge is 0.444 e. The molecule has 0 aromatic carbocycles. The van der Waals surface area contributed by atoms with Gasteiger partial charge in [0.2, 0.25) is 0 Å². The van der Waals surface area contributed by atoms with Gasteiger partial charge in [0.1, 0.15) is 0 Å². The molecular weight excluding hydrogens is 248 g/mol. The quantitative estimate of drug-likeness (QED) is 0.840. The fourth-order valence-electron chi connectivity index (χ4n) is 1.47. The molecule has 2 rings (SSSR count). The van der Waals surface area contributed by atoms with E-state index in [1.807, 2.05) is 0 Å². The van der Waals surface area contributed by atoms with Crippen LogP contribution in [0.5, 0.6) is 0 Å². The summed E-state index contributed by atoms with van der Waals surface area (Å²) < 4.78 is 5.68. The summed E-state index contributed by atoms with van der Waals surface area (Å²) in [6.45, 7) is 0. The first-order valence-corrected chi connectivity index (χ1v) is 5.26. The molecule has 1 saturated carbocycles. The van der Waals surface area contributed by atoms with E-state index >= 15 is 0 Å². The zero-order valence-corrected chi connectivity index (χ0v) is 9.08. The molecule has 1 heterocycles. The SMILES string of the molecule is NC1CC(NC(=O)c2ccc(Br)o2)C1. The van der Waals surface area contributed by atoms with E-state index in [4.69, 9.17) is 10.2 Å². The van der Waals surface area contributed by atoms with E-state index in [2.05, 4.69) is 21.2 Å². The van der Waals surface area contributed by atoms with Crippen LogP contribution in [0.1, 0.15) is 23.4 Å². The number of carbonyl (C=O) groups excluding carboxylic acids is 1. The van der Waals surface area contributed by atoms with Gasteiger partial charge in [0.25, 0.3) is 5.91 Å². The first-order chi connectivity index (χ1) is 6.65. The van der Waals surface area contributed by atoms with Crippen molar-refractivity contribution in [2.24, 2.45) is 5.73 Å². The molecule has 14 heavy (non-hydrogen) atoms. The first-order valence-electron chi connectivity index (χ1n) is 4.47. The van der Waals surface area contributed by atoms with Crippen molar-refractivity contribution in [3.63, 3.8) is 0 Å². The van der Waals surface area contributed by atoms with Crippen LogP contribution >= 0.6 is 15.9 Å². The van der Waals surface area contributed by atoms with Crippen LogP contribution in [-0.4, -0.2) is 18.0 Å². The number of rotatable bonds is 2. The van der Waals surface area contributed by atoms with E-state index in [0.717, 1.165) is 12.8 Å². The lowest BCUT2D eigenvalue weighted by Crippen LogP contribution is -2.50. The van der Waals surface area contributed by atoms with Crippen LogP contribution in [-0.2, 0) is 0 Å². The lowest BCUT2D eigenvalue weighted by molar-refractivity contribution is 0.0880. The molecule has 1 aromatic heterocycles. The van der Waals surface area contributed by atoms with Gasteiger partial charge in [-0.2, -0.15) is 0 Å². The summed E-state index contributed by atoms with van der Waals surface area (Å²) in [6.07, 6.45) is 1.71. The number of nitrogens with one attached hydrogen (secondary N) is 1. The molecule has 1 aromatic rings. The van der Waals surface area contributed by atoms with Crippen molar-refractivity contribution in [2.45, 2.75) is 24.9 Å². The number of halogens is 1. The molecule has 0 spiro atoms. The van der Waals surface area contributed by atoms with Crippen LogP contribution in [0, 0.1) is 0 Å². The summed E-state index contributed by atoms with van der Waals surface area (Å²) in [5.74, 6) is 0.157. The second kappa shape index (κ2) is 3.74. The van der Waals surface area contributed by atoms with E-state index in [1.165, 1.54) is 0 Å². The van der Waals surface area contributed by atoms with Crippen LogP contribution in [0.4, 0.5) is 0 Å². The number of carbonyl (C=O) groups is 1. The second-order valence-electron chi connectivity index (χ2n) is 3.51. The molecule has 0 aliphatic heterocycles. The van der Waals surface area contributed by atoms with Crippen LogP contribution in [0.25, 0.3) is 0 Å². The van der Waals surface area contributed by atoms with E-state index < -0.39 is 0 Å². The van der Waals surface area contributed by atoms with E-state index in [-0.39, 0.29) is 18.0 Å². The molecule has 0 atom stereocenters. The van der Waals surface area contributed by atoms with Gasteiger partial charge in [-0.05, 0) is 40.9 Å². The fourth-order valence-corrected chi connectivity index (χ4v) is 1.78. The summed E-state index contributed by atoms with van der Waals surface area (Å²) >= 11 is 3.14. The summed E-state index contributed by atoms with van der Waals surface area (Å²) in [7, 11) is 0. The van der Waals surface area contributed by atoms with Crippen LogP contribution < -0.4 is 11.1 Å². The molecule has 3 N–H and O–H groups in total. The summed E-state index contributed by atoms with van der Waals surface area (Å²) in [4.78, 5) is 11.5. The van der Waals surface area contributed by atoms with Crippen molar-refractivity contribution < 1.29 is 9.21 Å². The molecule has 76 valence electrons. The normalized spacial score (nSPS) is 25.6. The van der Waals surface area contributed by atoms with Crippen molar-refractivity contribution in [1.29, 1.82) is 0 Å². The van der Waals surface area contributed by atoms with E-state index in [9.17, 15) is 4.79 Å². The average molecular weight is 259 g/mol. The van der Waals surface area contributed by atoms with Gasteiger partial charge in [0.05, 0.1) is 0 Å². The predicted octanol–water partition coefficient (Wildman–Crippen LogP) is 1.26. The Morgan fingerprint density at radius 1 is 1.57 bits per heavy atom. The zero-order chi connectivity index (χ0) is 10.1. The molecule has 0 saturated heterocycles. The number of hydrogen-bond donors (Lipinski definition) is 2. The summed E-state index contributed by atoms with van der Waals surface area (Å²) in [5, 5.41) is 2.84. The van der Waals surface area contributed by atoms with Gasteiger partial charge < -0.3 is 15.5 Å². The number of amides is 1. The van der Waals surface area contributed by atoms with Gasteiger partial charge in [0, 0.05) is 12.1 Å². The average Bonchev–Trinajstić information content (AvgIpc) is 2.49. The lowest BCUT2D eigenvalue weighted by Gasteiger charge is -2.32. The van der Waals surface area contributed by atoms with Crippen molar-refractivity contribution in [3.8, 4) is 0 Å². The van der Waals surface area contributed by atoms with Crippen molar-refractivity contribution in [3.05, 3.63) is 22.6 Å². The minimum Gasteiger partial charge on any atom is -0.444 e. The molecule has 1 fully saturated rings. The predicted molar refractivity (Wildman–Crippen MR) is 54.9 cm³/mol. The highest BCUT2D eigenvalue weighted by Gasteiger charge is 2.28. The molecule has 5 heteroatoms. The topological polar surface area (TPSA) is 68.3 Å². The van der Waals surface area contributed by atoms with Gasteiger partial charge in [0.15, 0.2) is 10.4 Å². The van der Waals surface area contributed by atoms with Gasteiger partial charge >= 0.3 is 0 Å². The molecular formula is C9H11BrN2O2. The lowest BCUT2D eigenvalue weighted by atomic mass is 9.87. The maximum Gasteiger partial charge on any atom is 0.287 e. The summed E-state index contributed by atoms with van der Waals surface area (Å²) in [6, 6.07) is 3.78. The van der Waals surface area contributed by atoms with Crippen LogP contribution in [0.3, 0.4) is 0 Å². The first kappa shape index (κ1) is 9.73. The van der Waals surface area contributed by atoms with Crippen molar-refractivity contribution in [1.82, 2.24) is 5.32 Å². The molecule has 0 radical (unpaired) electrons. The fraction of sp³-hybridized carbons (Fsp3) is 0.444. The minimum absolute atomic E-state index is 0.174. The summed E-state index contributed by atoms with van der Waals surface area (Å²) in [5.41, 5.74) is 5.61. The second-order valence-corrected chi connectivity index (χ2v) is 4.29. The molecule has 1 aliphatic rings. The zero-order valence-electron chi connectivity index (χ0n) is 7.50. The Labute approximate surface area is 90.0 Å². The Morgan fingerprint density at radius 3 is 2.79 bits per heavy atom. The van der Waals surface area contributed by atoms with Crippen molar-refractivity contribution in [2.75, 3.05) is 0 Å². The maximum atomic E-state index is 11.5. The standard InChI is InChI=1S/C9H11BrN2O2/c10-8-2-1-7(14-8)9(13)12-6-3-5(11)4-6/h1-2,5-6H,3-4,11H2,(H,12,13). The molecule has 4 nitrogen and oxygen atoms in total. The highest BCUT2D eigenvalue weighted by atomic mass is 79.9. The molecule has 0 unspecified atom stereocenters. The highest BCUT2D eigenvalue weighted by molar-refractivity contribution is 9.10.